The van der Waals surface area contributed by atoms with Crippen LogP contribution in [0.2, 0.25) is 0 Å². The smallest absolute Gasteiger partial charge is 0.232 e. The highest BCUT2D eigenvalue weighted by atomic mass is 15.4. The van der Waals surface area contributed by atoms with Crippen molar-refractivity contribution in [2.24, 2.45) is 0 Å². The summed E-state index contributed by atoms with van der Waals surface area (Å²) in [5.41, 5.74) is 1.61. The van der Waals surface area contributed by atoms with E-state index in [-0.39, 0.29) is 0 Å². The fourth-order valence-corrected chi connectivity index (χ4v) is 1.99. The molecule has 0 unspecified atom stereocenters. The Morgan fingerprint density at radius 3 is 2.50 bits per heavy atom. The standard InChI is InChI=1S/C15H13N7/c1-2-6-17-12(3-1)13-19-14(18-11-4-7-16-8-5-11)21-15(20-13)22-9-10-22/h1-8H,9-10H2,(H,16,18,19,20,21). The zero-order valence-electron chi connectivity index (χ0n) is 11.7. The van der Waals surface area contributed by atoms with Crippen LogP contribution in [-0.4, -0.2) is 38.0 Å². The lowest BCUT2D eigenvalue weighted by atomic mass is 10.3. The van der Waals surface area contributed by atoms with Gasteiger partial charge in [-0.05, 0) is 24.3 Å². The molecule has 1 aliphatic heterocycles. The molecule has 4 rings (SSSR count). The zero-order chi connectivity index (χ0) is 14.8. The molecule has 3 aromatic rings. The molecular weight excluding hydrogens is 278 g/mol. The van der Waals surface area contributed by atoms with Crippen LogP contribution in [0.1, 0.15) is 0 Å². The van der Waals surface area contributed by atoms with Gasteiger partial charge in [0.15, 0.2) is 5.82 Å². The second kappa shape index (κ2) is 5.36. The summed E-state index contributed by atoms with van der Waals surface area (Å²) in [7, 11) is 0. The summed E-state index contributed by atoms with van der Waals surface area (Å²) in [6.07, 6.45) is 5.16. The fourth-order valence-electron chi connectivity index (χ4n) is 1.99. The molecule has 7 nitrogen and oxygen atoms in total. The molecule has 1 saturated heterocycles. The topological polar surface area (TPSA) is 79.5 Å². The molecule has 4 heterocycles. The van der Waals surface area contributed by atoms with E-state index in [1.807, 2.05) is 30.3 Å². The van der Waals surface area contributed by atoms with Crippen molar-refractivity contribution in [1.29, 1.82) is 0 Å². The number of nitrogens with zero attached hydrogens (tertiary/aromatic N) is 6. The normalized spacial score (nSPS) is 13.0. The molecule has 1 fully saturated rings. The summed E-state index contributed by atoms with van der Waals surface area (Å²) in [6.45, 7) is 1.95. The van der Waals surface area contributed by atoms with Gasteiger partial charge >= 0.3 is 0 Å². The van der Waals surface area contributed by atoms with E-state index in [1.165, 1.54) is 0 Å². The molecule has 1 aliphatic rings. The number of nitrogens with one attached hydrogen (secondary N) is 1. The summed E-state index contributed by atoms with van der Waals surface area (Å²) in [5.74, 6) is 1.74. The van der Waals surface area contributed by atoms with Crippen LogP contribution < -0.4 is 10.2 Å². The number of rotatable bonds is 4. The second-order valence-corrected chi connectivity index (χ2v) is 4.85. The van der Waals surface area contributed by atoms with Crippen LogP contribution in [0.15, 0.2) is 48.9 Å². The van der Waals surface area contributed by atoms with Crippen LogP contribution >= 0.6 is 0 Å². The van der Waals surface area contributed by atoms with E-state index in [2.05, 4.69) is 35.1 Å². The Hall–Kier alpha value is -3.09. The Bertz CT molecular complexity index is 772. The predicted molar refractivity (Wildman–Crippen MR) is 82.8 cm³/mol. The van der Waals surface area contributed by atoms with Crippen molar-refractivity contribution >= 4 is 17.6 Å². The van der Waals surface area contributed by atoms with Gasteiger partial charge in [0.05, 0.1) is 0 Å². The fraction of sp³-hybridized carbons (Fsp3) is 0.133. The van der Waals surface area contributed by atoms with E-state index in [0.29, 0.717) is 17.7 Å². The monoisotopic (exact) mass is 291 g/mol. The maximum absolute atomic E-state index is 4.50. The summed E-state index contributed by atoms with van der Waals surface area (Å²) >= 11 is 0. The molecular formula is C15H13N7. The number of hydrogen-bond acceptors (Lipinski definition) is 7. The Morgan fingerprint density at radius 1 is 0.909 bits per heavy atom. The van der Waals surface area contributed by atoms with Crippen LogP contribution in [0.5, 0.6) is 0 Å². The first-order chi connectivity index (χ1) is 10.9. The molecule has 0 atom stereocenters. The third-order valence-corrected chi connectivity index (χ3v) is 3.18. The molecule has 0 radical (unpaired) electrons. The van der Waals surface area contributed by atoms with Crippen molar-refractivity contribution in [2.75, 3.05) is 23.3 Å². The van der Waals surface area contributed by atoms with Crippen LogP contribution in [0.4, 0.5) is 17.6 Å². The first kappa shape index (κ1) is 12.6. The Kier molecular flexibility index (Phi) is 3.08. The third kappa shape index (κ3) is 2.69. The zero-order valence-corrected chi connectivity index (χ0v) is 11.7. The minimum absolute atomic E-state index is 0.503. The molecule has 3 aromatic heterocycles. The maximum Gasteiger partial charge on any atom is 0.232 e. The third-order valence-electron chi connectivity index (χ3n) is 3.18. The molecule has 0 bridgehead atoms. The molecule has 0 spiro atoms. The van der Waals surface area contributed by atoms with Crippen molar-refractivity contribution < 1.29 is 0 Å². The predicted octanol–water partition coefficient (Wildman–Crippen LogP) is 1.89. The van der Waals surface area contributed by atoms with Gasteiger partial charge in [0.1, 0.15) is 5.69 Å². The van der Waals surface area contributed by atoms with Crippen molar-refractivity contribution in [3.05, 3.63) is 48.9 Å². The van der Waals surface area contributed by atoms with Gasteiger partial charge < -0.3 is 10.2 Å². The second-order valence-electron chi connectivity index (χ2n) is 4.85. The summed E-state index contributed by atoms with van der Waals surface area (Å²) in [6, 6.07) is 9.39. The molecule has 0 aromatic carbocycles. The highest BCUT2D eigenvalue weighted by Crippen LogP contribution is 2.22. The Balaban J connectivity index is 1.73. The summed E-state index contributed by atoms with van der Waals surface area (Å²) < 4.78 is 0. The van der Waals surface area contributed by atoms with Crippen LogP contribution in [0, 0.1) is 0 Å². The molecule has 0 aliphatic carbocycles. The highest BCUT2D eigenvalue weighted by molar-refractivity contribution is 5.59. The van der Waals surface area contributed by atoms with Gasteiger partial charge in [-0.3, -0.25) is 9.97 Å². The van der Waals surface area contributed by atoms with E-state index in [0.717, 1.165) is 24.5 Å². The molecule has 1 N–H and O–H groups in total. The van der Waals surface area contributed by atoms with Gasteiger partial charge in [-0.25, -0.2) is 0 Å². The summed E-state index contributed by atoms with van der Waals surface area (Å²) in [4.78, 5) is 23.8. The van der Waals surface area contributed by atoms with Gasteiger partial charge in [-0.1, -0.05) is 6.07 Å². The minimum Gasteiger partial charge on any atom is -0.337 e. The SMILES string of the molecule is c1ccc(-c2nc(Nc3ccncc3)nc(N3CC3)n2)nc1. The summed E-state index contributed by atoms with van der Waals surface area (Å²) in [5, 5.41) is 3.18. The first-order valence-corrected chi connectivity index (χ1v) is 6.98. The average Bonchev–Trinajstić information content (AvgIpc) is 3.41. The molecule has 0 saturated carbocycles. The van der Waals surface area contributed by atoms with Gasteiger partial charge in [0.25, 0.3) is 0 Å². The van der Waals surface area contributed by atoms with Crippen molar-refractivity contribution in [3.63, 3.8) is 0 Å². The van der Waals surface area contributed by atoms with E-state index in [1.54, 1.807) is 18.6 Å². The number of anilines is 3. The highest BCUT2D eigenvalue weighted by Gasteiger charge is 2.23. The van der Waals surface area contributed by atoms with Crippen LogP contribution in [0.25, 0.3) is 11.5 Å². The van der Waals surface area contributed by atoms with Crippen molar-refractivity contribution in [3.8, 4) is 11.5 Å². The molecule has 7 heteroatoms. The first-order valence-electron chi connectivity index (χ1n) is 6.98. The largest absolute Gasteiger partial charge is 0.337 e. The quantitative estimate of drug-likeness (QED) is 0.735. The average molecular weight is 291 g/mol. The number of hydrogen-bond donors (Lipinski definition) is 1. The van der Waals surface area contributed by atoms with Crippen LogP contribution in [0.3, 0.4) is 0 Å². The van der Waals surface area contributed by atoms with E-state index in [4.69, 9.17) is 0 Å². The van der Waals surface area contributed by atoms with Gasteiger partial charge in [-0.15, -0.1) is 0 Å². The lowest BCUT2D eigenvalue weighted by Gasteiger charge is -2.09. The van der Waals surface area contributed by atoms with E-state index in [9.17, 15) is 0 Å². The molecule has 22 heavy (non-hydrogen) atoms. The van der Waals surface area contributed by atoms with Gasteiger partial charge in [-0.2, -0.15) is 15.0 Å². The molecule has 0 amide bonds. The van der Waals surface area contributed by atoms with Crippen molar-refractivity contribution in [2.45, 2.75) is 0 Å². The lowest BCUT2D eigenvalue weighted by Crippen LogP contribution is -2.06. The van der Waals surface area contributed by atoms with Gasteiger partial charge in [0.2, 0.25) is 11.9 Å². The van der Waals surface area contributed by atoms with Crippen LogP contribution in [-0.2, 0) is 0 Å². The lowest BCUT2D eigenvalue weighted by molar-refractivity contribution is 1.02. The number of aromatic nitrogens is 5. The Labute approximate surface area is 127 Å². The Morgan fingerprint density at radius 2 is 1.77 bits per heavy atom. The number of pyridine rings is 2. The molecule has 108 valence electrons. The van der Waals surface area contributed by atoms with E-state index < -0.39 is 0 Å². The maximum atomic E-state index is 4.50. The van der Waals surface area contributed by atoms with Crippen molar-refractivity contribution in [1.82, 2.24) is 24.9 Å². The van der Waals surface area contributed by atoms with Gasteiger partial charge in [0, 0.05) is 37.4 Å². The minimum atomic E-state index is 0.503. The van der Waals surface area contributed by atoms with E-state index >= 15 is 0 Å².